The molecular weight excluding hydrogens is 260 g/mol. The lowest BCUT2D eigenvalue weighted by atomic mass is 10.0. The molecule has 2 nitrogen and oxygen atoms in total. The lowest BCUT2D eigenvalue weighted by Gasteiger charge is -2.07. The number of unbranched alkanes of at least 4 members (excludes halogenated alkanes) is 2. The van der Waals surface area contributed by atoms with Gasteiger partial charge in [0, 0.05) is 6.92 Å². The van der Waals surface area contributed by atoms with Crippen LogP contribution in [0.3, 0.4) is 0 Å². The summed E-state index contributed by atoms with van der Waals surface area (Å²) in [6.45, 7) is 6.22. The van der Waals surface area contributed by atoms with Crippen molar-refractivity contribution in [3.8, 4) is 0 Å². The van der Waals surface area contributed by atoms with E-state index in [1.165, 1.54) is 42.9 Å². The third-order valence-corrected chi connectivity index (χ3v) is 3.45. The van der Waals surface area contributed by atoms with Crippen LogP contribution in [0.2, 0.25) is 0 Å². The highest BCUT2D eigenvalue weighted by atomic mass is 16.5. The minimum absolute atomic E-state index is 0.219. The van der Waals surface area contributed by atoms with E-state index in [1.807, 2.05) is 0 Å². The number of hydrogen-bond donors (Lipinski definition) is 0. The summed E-state index contributed by atoms with van der Waals surface area (Å²) in [6.07, 6.45) is 9.14. The van der Waals surface area contributed by atoms with Gasteiger partial charge in [-0.1, -0.05) is 63.5 Å². The summed E-state index contributed by atoms with van der Waals surface area (Å²) in [7, 11) is 0. The van der Waals surface area contributed by atoms with E-state index in [0.717, 1.165) is 19.3 Å². The molecule has 116 valence electrons. The van der Waals surface area contributed by atoms with Crippen LogP contribution in [0.5, 0.6) is 0 Å². The van der Waals surface area contributed by atoms with E-state index in [4.69, 9.17) is 4.74 Å². The molecule has 0 N–H and O–H groups in total. The Kier molecular flexibility index (Phi) is 8.49. The number of esters is 1. The average molecular weight is 288 g/mol. The predicted molar refractivity (Wildman–Crippen MR) is 89.2 cm³/mol. The molecule has 0 saturated carbocycles. The van der Waals surface area contributed by atoms with Gasteiger partial charge in [-0.3, -0.25) is 4.79 Å². The highest BCUT2D eigenvalue weighted by molar-refractivity contribution is 5.66. The molecule has 0 aliphatic carbocycles. The van der Waals surface area contributed by atoms with Gasteiger partial charge in [0.25, 0.3) is 0 Å². The summed E-state index contributed by atoms with van der Waals surface area (Å²) in [5.41, 5.74) is 3.76. The van der Waals surface area contributed by atoms with Gasteiger partial charge in [0.1, 0.15) is 6.61 Å². The van der Waals surface area contributed by atoms with Crippen LogP contribution in [0.25, 0.3) is 6.08 Å². The molecule has 0 aliphatic heterocycles. The van der Waals surface area contributed by atoms with Crippen molar-refractivity contribution in [1.29, 1.82) is 0 Å². The third kappa shape index (κ3) is 7.69. The first-order valence-electron chi connectivity index (χ1n) is 8.07. The summed E-state index contributed by atoms with van der Waals surface area (Å²) in [5, 5.41) is 0. The predicted octanol–water partition coefficient (Wildman–Crippen LogP) is 5.17. The molecular formula is C19H28O2. The molecule has 2 heteroatoms. The number of hydrogen-bond acceptors (Lipinski definition) is 2. The molecule has 0 radical (unpaired) electrons. The zero-order chi connectivity index (χ0) is 15.5. The van der Waals surface area contributed by atoms with E-state index >= 15 is 0 Å². The molecule has 0 atom stereocenters. The molecule has 1 aromatic rings. The maximum absolute atomic E-state index is 10.9. The molecule has 0 fully saturated rings. The highest BCUT2D eigenvalue weighted by Gasteiger charge is 2.01. The molecule has 0 saturated heterocycles. The Hall–Kier alpha value is -1.57. The Morgan fingerprint density at radius 3 is 2.38 bits per heavy atom. The zero-order valence-corrected chi connectivity index (χ0v) is 13.7. The second kappa shape index (κ2) is 10.2. The summed E-state index contributed by atoms with van der Waals surface area (Å²) >= 11 is 0. The van der Waals surface area contributed by atoms with Gasteiger partial charge in [-0.25, -0.2) is 0 Å². The van der Waals surface area contributed by atoms with Crippen molar-refractivity contribution in [2.45, 2.75) is 59.3 Å². The molecule has 0 aliphatic rings. The van der Waals surface area contributed by atoms with Crippen LogP contribution in [0.1, 0.15) is 64.0 Å². The SMILES string of the molecule is CCCCCc1ccc(/C=C(\CCC)COC(C)=O)cc1. The Morgan fingerprint density at radius 1 is 1.10 bits per heavy atom. The smallest absolute Gasteiger partial charge is 0.302 e. The Labute approximate surface area is 129 Å². The molecule has 1 rings (SSSR count). The van der Waals surface area contributed by atoms with E-state index in [9.17, 15) is 4.79 Å². The Morgan fingerprint density at radius 2 is 1.81 bits per heavy atom. The van der Waals surface area contributed by atoms with Gasteiger partial charge < -0.3 is 4.74 Å². The van der Waals surface area contributed by atoms with Crippen molar-refractivity contribution in [3.05, 3.63) is 41.0 Å². The van der Waals surface area contributed by atoms with Crippen molar-refractivity contribution in [1.82, 2.24) is 0 Å². The molecule has 0 bridgehead atoms. The van der Waals surface area contributed by atoms with E-state index in [1.54, 1.807) is 0 Å². The average Bonchev–Trinajstić information content (AvgIpc) is 2.47. The van der Waals surface area contributed by atoms with Crippen molar-refractivity contribution in [2.75, 3.05) is 6.61 Å². The first kappa shape index (κ1) is 17.5. The van der Waals surface area contributed by atoms with Gasteiger partial charge in [0.15, 0.2) is 0 Å². The van der Waals surface area contributed by atoms with Crippen LogP contribution in [0, 0.1) is 0 Å². The first-order chi connectivity index (χ1) is 10.2. The lowest BCUT2D eigenvalue weighted by Crippen LogP contribution is -2.03. The standard InChI is InChI=1S/C19H28O2/c1-4-6-7-9-17-10-12-18(13-11-17)14-19(8-5-2)15-21-16(3)20/h10-14H,4-9,15H2,1-3H3/b19-14+. The molecule has 1 aromatic carbocycles. The molecule has 0 amide bonds. The summed E-state index contributed by atoms with van der Waals surface area (Å²) in [5.74, 6) is -0.219. The molecule has 0 unspecified atom stereocenters. The number of benzene rings is 1. The van der Waals surface area contributed by atoms with Crippen LogP contribution in [-0.2, 0) is 16.0 Å². The van der Waals surface area contributed by atoms with Gasteiger partial charge in [0.05, 0.1) is 0 Å². The van der Waals surface area contributed by atoms with Crippen LogP contribution in [-0.4, -0.2) is 12.6 Å². The minimum atomic E-state index is -0.219. The fraction of sp³-hybridized carbons (Fsp3) is 0.526. The van der Waals surface area contributed by atoms with Gasteiger partial charge >= 0.3 is 5.97 Å². The number of carbonyl (C=O) groups excluding carboxylic acids is 1. The zero-order valence-electron chi connectivity index (χ0n) is 13.7. The van der Waals surface area contributed by atoms with Crippen molar-refractivity contribution >= 4 is 12.0 Å². The number of aryl methyl sites for hydroxylation is 1. The summed E-state index contributed by atoms with van der Waals surface area (Å²) in [4.78, 5) is 10.9. The largest absolute Gasteiger partial charge is 0.461 e. The fourth-order valence-corrected chi connectivity index (χ4v) is 2.30. The van der Waals surface area contributed by atoms with E-state index in [0.29, 0.717) is 6.61 Å². The molecule has 21 heavy (non-hydrogen) atoms. The van der Waals surface area contributed by atoms with Gasteiger partial charge in [-0.05, 0) is 36.0 Å². The second-order valence-corrected chi connectivity index (χ2v) is 5.53. The van der Waals surface area contributed by atoms with E-state index in [2.05, 4.69) is 44.2 Å². The van der Waals surface area contributed by atoms with Crippen LogP contribution in [0.4, 0.5) is 0 Å². The maximum atomic E-state index is 10.9. The molecule has 0 aromatic heterocycles. The normalized spacial score (nSPS) is 11.5. The highest BCUT2D eigenvalue weighted by Crippen LogP contribution is 2.14. The molecule has 0 heterocycles. The monoisotopic (exact) mass is 288 g/mol. The second-order valence-electron chi connectivity index (χ2n) is 5.53. The van der Waals surface area contributed by atoms with Crippen LogP contribution in [0.15, 0.2) is 29.8 Å². The first-order valence-corrected chi connectivity index (χ1v) is 8.07. The third-order valence-electron chi connectivity index (χ3n) is 3.45. The van der Waals surface area contributed by atoms with Gasteiger partial charge in [-0.15, -0.1) is 0 Å². The fourth-order valence-electron chi connectivity index (χ4n) is 2.30. The number of carbonyl (C=O) groups is 1. The van der Waals surface area contributed by atoms with Crippen molar-refractivity contribution < 1.29 is 9.53 Å². The summed E-state index contributed by atoms with van der Waals surface area (Å²) in [6, 6.07) is 8.73. The lowest BCUT2D eigenvalue weighted by molar-refractivity contribution is -0.140. The Bertz CT molecular complexity index is 443. The van der Waals surface area contributed by atoms with Gasteiger partial charge in [-0.2, -0.15) is 0 Å². The quantitative estimate of drug-likeness (QED) is 0.463. The number of ether oxygens (including phenoxy) is 1. The topological polar surface area (TPSA) is 26.3 Å². The molecule has 0 spiro atoms. The Balaban J connectivity index is 2.64. The van der Waals surface area contributed by atoms with Crippen molar-refractivity contribution in [2.24, 2.45) is 0 Å². The van der Waals surface area contributed by atoms with Crippen LogP contribution < -0.4 is 0 Å². The van der Waals surface area contributed by atoms with E-state index in [-0.39, 0.29) is 5.97 Å². The van der Waals surface area contributed by atoms with Gasteiger partial charge in [0.2, 0.25) is 0 Å². The summed E-state index contributed by atoms with van der Waals surface area (Å²) < 4.78 is 5.11. The number of rotatable bonds is 9. The van der Waals surface area contributed by atoms with Crippen LogP contribution >= 0.6 is 0 Å². The minimum Gasteiger partial charge on any atom is -0.461 e. The maximum Gasteiger partial charge on any atom is 0.302 e. The van der Waals surface area contributed by atoms with Crippen molar-refractivity contribution in [3.63, 3.8) is 0 Å². The van der Waals surface area contributed by atoms with E-state index < -0.39 is 0 Å².